The molecule has 0 fully saturated rings. The molecule has 0 aliphatic carbocycles. The summed E-state index contributed by atoms with van der Waals surface area (Å²) in [7, 11) is 1.59. The van der Waals surface area contributed by atoms with Gasteiger partial charge in [-0.2, -0.15) is 0 Å². The Morgan fingerprint density at radius 2 is 1.76 bits per heavy atom. The van der Waals surface area contributed by atoms with Crippen molar-refractivity contribution in [2.24, 2.45) is 17.8 Å². The van der Waals surface area contributed by atoms with Crippen LogP contribution in [0.4, 0.5) is 5.95 Å². The van der Waals surface area contributed by atoms with Crippen molar-refractivity contribution >= 4 is 28.9 Å². The molecule has 1 aromatic heterocycles. The highest BCUT2D eigenvalue weighted by Crippen LogP contribution is 2.43. The van der Waals surface area contributed by atoms with Crippen molar-refractivity contribution in [3.63, 3.8) is 0 Å². The molecule has 2 unspecified atom stereocenters. The highest BCUT2D eigenvalue weighted by molar-refractivity contribution is 6.08. The van der Waals surface area contributed by atoms with Gasteiger partial charge in [0.1, 0.15) is 0 Å². The summed E-state index contributed by atoms with van der Waals surface area (Å²) in [5.74, 6) is 0.709. The first kappa shape index (κ1) is 27.5. The van der Waals surface area contributed by atoms with E-state index in [4.69, 9.17) is 19.2 Å². The molecule has 1 amide bonds. The fraction of sp³-hybridized carbons (Fsp3) is 0.500. The third kappa shape index (κ3) is 5.49. The first-order valence-corrected chi connectivity index (χ1v) is 13.5. The zero-order valence-electron chi connectivity index (χ0n) is 23.3. The lowest BCUT2D eigenvalue weighted by Crippen LogP contribution is -2.50. The highest BCUT2D eigenvalue weighted by atomic mass is 16.5. The number of hydrogen-bond acceptors (Lipinski definition) is 6. The van der Waals surface area contributed by atoms with Gasteiger partial charge in [-0.05, 0) is 61.4 Å². The number of aromatic nitrogens is 2. The van der Waals surface area contributed by atoms with Crippen molar-refractivity contribution in [3.05, 3.63) is 48.0 Å². The molecule has 8 heteroatoms. The maximum atomic E-state index is 14.0. The van der Waals surface area contributed by atoms with Crippen LogP contribution in [0, 0.1) is 17.8 Å². The number of anilines is 1. The van der Waals surface area contributed by atoms with Gasteiger partial charge in [0.05, 0.1) is 37.4 Å². The van der Waals surface area contributed by atoms with E-state index >= 15 is 0 Å². The average Bonchev–Trinajstić information content (AvgIpc) is 3.26. The zero-order valence-corrected chi connectivity index (χ0v) is 23.3. The fourth-order valence-corrected chi connectivity index (χ4v) is 4.84. The molecule has 0 N–H and O–H groups in total. The quantitative estimate of drug-likeness (QED) is 0.240. The van der Waals surface area contributed by atoms with Gasteiger partial charge in [0.2, 0.25) is 11.9 Å². The minimum atomic E-state index is -1.07. The van der Waals surface area contributed by atoms with Crippen molar-refractivity contribution in [3.8, 4) is 11.5 Å². The van der Waals surface area contributed by atoms with E-state index < -0.39 is 17.9 Å². The van der Waals surface area contributed by atoms with Crippen molar-refractivity contribution < 1.29 is 23.8 Å². The average molecular weight is 522 g/mol. The number of hydrogen-bond donors (Lipinski definition) is 0. The first-order valence-electron chi connectivity index (χ1n) is 13.5. The van der Waals surface area contributed by atoms with Crippen LogP contribution in [0.2, 0.25) is 0 Å². The van der Waals surface area contributed by atoms with Crippen molar-refractivity contribution in [2.75, 3.05) is 31.8 Å². The van der Waals surface area contributed by atoms with Gasteiger partial charge in [0, 0.05) is 6.54 Å². The first-order chi connectivity index (χ1) is 18.3. The third-order valence-electron chi connectivity index (χ3n) is 6.90. The molecule has 0 radical (unpaired) electrons. The van der Waals surface area contributed by atoms with E-state index in [0.29, 0.717) is 42.4 Å². The minimum absolute atomic E-state index is 0.185. The predicted octanol–water partition coefficient (Wildman–Crippen LogP) is 5.63. The van der Waals surface area contributed by atoms with E-state index in [1.54, 1.807) is 18.9 Å². The Hall–Kier alpha value is -3.55. The maximum Gasteiger partial charge on any atom is 0.321 e. The van der Waals surface area contributed by atoms with Gasteiger partial charge in [-0.25, -0.2) is 4.98 Å². The molecule has 0 saturated heterocycles. The molecule has 0 saturated carbocycles. The largest absolute Gasteiger partial charge is 0.493 e. The van der Waals surface area contributed by atoms with Crippen LogP contribution < -0.4 is 14.4 Å². The summed E-state index contributed by atoms with van der Waals surface area (Å²) in [6, 6.07) is 12.7. The Balaban J connectivity index is 1.87. The van der Waals surface area contributed by atoms with E-state index in [1.807, 2.05) is 47.0 Å². The Kier molecular flexibility index (Phi) is 8.59. The number of para-hydroxylation sites is 2. The Bertz CT molecular complexity index is 1280. The van der Waals surface area contributed by atoms with Crippen molar-refractivity contribution in [1.29, 1.82) is 0 Å². The summed E-state index contributed by atoms with van der Waals surface area (Å²) in [6.07, 6.45) is 1.70. The number of carbonyl (C=O) groups excluding carboxylic acids is 2. The number of carbonyl (C=O) groups is 2. The smallest absolute Gasteiger partial charge is 0.321 e. The molecule has 4 rings (SSSR count). The number of ether oxygens (including phenoxy) is 3. The summed E-state index contributed by atoms with van der Waals surface area (Å²) < 4.78 is 19.2. The number of esters is 1. The van der Waals surface area contributed by atoms with Gasteiger partial charge in [0.25, 0.3) is 0 Å². The molecule has 0 spiro atoms. The standard InChI is InChI=1S/C30H39N3O5/c1-7-37-29(35)26-27(21-12-13-24(25(18-21)36-6)38-17-15-20(4)5)33-23-11-9-8-10-22(23)31-30(33)32(28(26)34)16-14-19(2)3/h8-13,18-20,26-27H,7,14-17H2,1-6H3. The summed E-state index contributed by atoms with van der Waals surface area (Å²) >= 11 is 0. The number of methoxy groups -OCH3 is 1. The number of benzene rings is 2. The fourth-order valence-electron chi connectivity index (χ4n) is 4.84. The number of rotatable bonds is 11. The summed E-state index contributed by atoms with van der Waals surface area (Å²) in [4.78, 5) is 33.9. The highest BCUT2D eigenvalue weighted by Gasteiger charge is 2.48. The molecular weight excluding hydrogens is 482 g/mol. The lowest BCUT2D eigenvalue weighted by molar-refractivity contribution is -0.153. The Morgan fingerprint density at radius 1 is 1.03 bits per heavy atom. The van der Waals surface area contributed by atoms with Gasteiger partial charge < -0.3 is 18.8 Å². The lowest BCUT2D eigenvalue weighted by Gasteiger charge is -2.38. The maximum absolute atomic E-state index is 14.0. The van der Waals surface area contributed by atoms with E-state index in [1.165, 1.54) is 0 Å². The van der Waals surface area contributed by atoms with Crippen LogP contribution in [0.15, 0.2) is 42.5 Å². The summed E-state index contributed by atoms with van der Waals surface area (Å²) in [5, 5.41) is 0. The van der Waals surface area contributed by atoms with E-state index in [0.717, 1.165) is 29.4 Å². The predicted molar refractivity (Wildman–Crippen MR) is 148 cm³/mol. The number of amides is 1. The molecule has 3 aromatic rings. The molecule has 0 bridgehead atoms. The molecule has 2 aromatic carbocycles. The second-order valence-electron chi connectivity index (χ2n) is 10.6. The minimum Gasteiger partial charge on any atom is -0.493 e. The number of fused-ring (bicyclic) bond motifs is 3. The monoisotopic (exact) mass is 521 g/mol. The van der Waals surface area contributed by atoms with Crippen molar-refractivity contribution in [2.45, 2.75) is 53.5 Å². The molecule has 2 atom stereocenters. The topological polar surface area (TPSA) is 82.9 Å². The Morgan fingerprint density at radius 3 is 2.45 bits per heavy atom. The molecule has 1 aliphatic rings. The van der Waals surface area contributed by atoms with Crippen LogP contribution in [-0.2, 0) is 14.3 Å². The molecular formula is C30H39N3O5. The van der Waals surface area contributed by atoms with Crippen LogP contribution in [0.3, 0.4) is 0 Å². The van der Waals surface area contributed by atoms with Gasteiger partial charge in [-0.1, -0.05) is 45.9 Å². The van der Waals surface area contributed by atoms with Crippen LogP contribution in [0.25, 0.3) is 11.0 Å². The molecule has 204 valence electrons. The Labute approximate surface area is 224 Å². The molecule has 1 aliphatic heterocycles. The van der Waals surface area contributed by atoms with E-state index in [-0.39, 0.29) is 12.5 Å². The summed E-state index contributed by atoms with van der Waals surface area (Å²) in [5.41, 5.74) is 2.36. The third-order valence-corrected chi connectivity index (χ3v) is 6.90. The normalized spacial score (nSPS) is 17.3. The van der Waals surface area contributed by atoms with Gasteiger partial charge in [-0.3, -0.25) is 14.5 Å². The molecule has 2 heterocycles. The number of nitrogens with zero attached hydrogens (tertiary/aromatic N) is 3. The van der Waals surface area contributed by atoms with Gasteiger partial charge in [0.15, 0.2) is 17.4 Å². The van der Waals surface area contributed by atoms with Gasteiger partial charge in [-0.15, -0.1) is 0 Å². The van der Waals surface area contributed by atoms with Crippen molar-refractivity contribution in [1.82, 2.24) is 9.55 Å². The van der Waals surface area contributed by atoms with E-state index in [9.17, 15) is 9.59 Å². The number of imidazole rings is 1. The van der Waals surface area contributed by atoms with Crippen LogP contribution in [0.5, 0.6) is 11.5 Å². The zero-order chi connectivity index (χ0) is 27.4. The second kappa shape index (κ2) is 11.9. The van der Waals surface area contributed by atoms with E-state index in [2.05, 4.69) is 27.7 Å². The van der Waals surface area contributed by atoms with Gasteiger partial charge >= 0.3 is 5.97 Å². The SMILES string of the molecule is CCOC(=O)C1C(=O)N(CCC(C)C)c2nc3ccccc3n2C1c1ccc(OCCC(C)C)c(OC)c1. The second-order valence-corrected chi connectivity index (χ2v) is 10.6. The molecule has 8 nitrogen and oxygen atoms in total. The lowest BCUT2D eigenvalue weighted by atomic mass is 9.89. The van der Waals surface area contributed by atoms with Crippen LogP contribution >= 0.6 is 0 Å². The van der Waals surface area contributed by atoms with Crippen LogP contribution in [-0.4, -0.2) is 48.3 Å². The summed E-state index contributed by atoms with van der Waals surface area (Å²) in [6.45, 7) is 11.5. The molecule has 38 heavy (non-hydrogen) atoms. The van der Waals surface area contributed by atoms with Crippen LogP contribution in [0.1, 0.15) is 59.1 Å².